The van der Waals surface area contributed by atoms with Gasteiger partial charge in [-0.25, -0.2) is 4.98 Å². The Morgan fingerprint density at radius 2 is 2.35 bits per heavy atom. The smallest absolute Gasteiger partial charge is 0.243 e. The third-order valence-corrected chi connectivity index (χ3v) is 2.79. The average Bonchev–Trinajstić information content (AvgIpc) is 2.33. The number of anilines is 1. The van der Waals surface area contributed by atoms with Gasteiger partial charge in [0, 0.05) is 6.54 Å². The molecule has 1 unspecified atom stereocenters. The molecule has 0 aliphatic carbocycles. The van der Waals surface area contributed by atoms with Crippen LogP contribution in [0.15, 0.2) is 22.9 Å². The fourth-order valence-electron chi connectivity index (χ4n) is 1.43. The van der Waals surface area contributed by atoms with Gasteiger partial charge in [0.15, 0.2) is 0 Å². The maximum atomic E-state index is 11.8. The molecule has 1 aromatic heterocycles. The summed E-state index contributed by atoms with van der Waals surface area (Å²) in [5.74, 6) is -0.284. The summed E-state index contributed by atoms with van der Waals surface area (Å²) in [5.41, 5.74) is 0.622. The highest BCUT2D eigenvalue weighted by Crippen LogP contribution is 2.10. The molecule has 1 aliphatic rings. The molecule has 90 valence electrons. The lowest BCUT2D eigenvalue weighted by Gasteiger charge is -2.23. The van der Waals surface area contributed by atoms with Gasteiger partial charge in [0.05, 0.1) is 18.4 Å². The van der Waals surface area contributed by atoms with Crippen LogP contribution in [0.25, 0.3) is 0 Å². The molecule has 0 radical (unpaired) electrons. The van der Waals surface area contributed by atoms with Gasteiger partial charge in [0.25, 0.3) is 0 Å². The first kappa shape index (κ1) is 12.0. The minimum Gasteiger partial charge on any atom is -0.353 e. The first-order valence-electron chi connectivity index (χ1n) is 5.07. The molecule has 0 aromatic carbocycles. The molecular formula is C10H11BrN4O2. The van der Waals surface area contributed by atoms with Crippen LogP contribution >= 0.6 is 15.9 Å². The SMILES string of the molecule is O=C1CNC(C(=O)Nc2ccc(Br)nc2)CN1. The van der Waals surface area contributed by atoms with E-state index in [2.05, 4.69) is 36.9 Å². The zero-order valence-corrected chi connectivity index (χ0v) is 10.5. The number of hydrogen-bond acceptors (Lipinski definition) is 4. The Labute approximate surface area is 106 Å². The number of aromatic nitrogens is 1. The Bertz CT molecular complexity index is 424. The lowest BCUT2D eigenvalue weighted by molar-refractivity contribution is -0.124. The van der Waals surface area contributed by atoms with E-state index >= 15 is 0 Å². The van der Waals surface area contributed by atoms with Gasteiger partial charge in [0.1, 0.15) is 10.6 Å². The van der Waals surface area contributed by atoms with Crippen molar-refractivity contribution in [3.05, 3.63) is 22.9 Å². The molecule has 0 saturated carbocycles. The molecular weight excluding hydrogens is 288 g/mol. The summed E-state index contributed by atoms with van der Waals surface area (Å²) in [7, 11) is 0. The van der Waals surface area contributed by atoms with Gasteiger partial charge in [0.2, 0.25) is 11.8 Å². The molecule has 1 atom stereocenters. The second kappa shape index (κ2) is 5.24. The third-order valence-electron chi connectivity index (χ3n) is 2.32. The minimum absolute atomic E-state index is 0.0978. The van der Waals surface area contributed by atoms with Crippen molar-refractivity contribution in [2.75, 3.05) is 18.4 Å². The summed E-state index contributed by atoms with van der Waals surface area (Å²) >= 11 is 3.21. The molecule has 0 bridgehead atoms. The van der Waals surface area contributed by atoms with E-state index in [9.17, 15) is 9.59 Å². The Morgan fingerprint density at radius 3 is 2.94 bits per heavy atom. The predicted octanol–water partition coefficient (Wildman–Crippen LogP) is -0.129. The largest absolute Gasteiger partial charge is 0.353 e. The van der Waals surface area contributed by atoms with Crippen LogP contribution in [0.3, 0.4) is 0 Å². The molecule has 1 fully saturated rings. The molecule has 17 heavy (non-hydrogen) atoms. The van der Waals surface area contributed by atoms with Crippen LogP contribution in [0.2, 0.25) is 0 Å². The highest BCUT2D eigenvalue weighted by Gasteiger charge is 2.23. The van der Waals surface area contributed by atoms with Crippen LogP contribution in [0, 0.1) is 0 Å². The summed E-state index contributed by atoms with van der Waals surface area (Å²) in [6.07, 6.45) is 1.56. The number of pyridine rings is 1. The Kier molecular flexibility index (Phi) is 3.70. The standard InChI is InChI=1S/C10H11BrN4O2/c11-8-2-1-6(3-13-8)15-10(17)7-4-14-9(16)5-12-7/h1-3,7,12H,4-5H2,(H,14,16)(H,15,17). The van der Waals surface area contributed by atoms with Gasteiger partial charge < -0.3 is 10.6 Å². The number of hydrogen-bond donors (Lipinski definition) is 3. The van der Waals surface area contributed by atoms with Gasteiger partial charge in [-0.1, -0.05) is 0 Å². The molecule has 6 nitrogen and oxygen atoms in total. The van der Waals surface area contributed by atoms with E-state index in [-0.39, 0.29) is 18.4 Å². The molecule has 1 aliphatic heterocycles. The number of carbonyl (C=O) groups excluding carboxylic acids is 2. The number of amides is 2. The molecule has 1 aromatic rings. The maximum absolute atomic E-state index is 11.8. The third kappa shape index (κ3) is 3.24. The van der Waals surface area contributed by atoms with Crippen LogP contribution < -0.4 is 16.0 Å². The normalized spacial score (nSPS) is 19.6. The van der Waals surface area contributed by atoms with Gasteiger partial charge >= 0.3 is 0 Å². The van der Waals surface area contributed by atoms with Gasteiger partial charge in [-0.05, 0) is 28.1 Å². The maximum Gasteiger partial charge on any atom is 0.243 e. The molecule has 0 spiro atoms. The summed E-state index contributed by atoms with van der Waals surface area (Å²) in [6.45, 7) is 0.464. The van der Waals surface area contributed by atoms with E-state index < -0.39 is 6.04 Å². The summed E-state index contributed by atoms with van der Waals surface area (Å²) < 4.78 is 0.707. The number of rotatable bonds is 2. The van der Waals surface area contributed by atoms with Crippen LogP contribution in [0.1, 0.15) is 0 Å². The van der Waals surface area contributed by atoms with Crippen LogP contribution in [0.5, 0.6) is 0 Å². The van der Waals surface area contributed by atoms with Gasteiger partial charge in [-0.2, -0.15) is 0 Å². The summed E-state index contributed by atoms with van der Waals surface area (Å²) in [6, 6.07) is 3.08. The fourth-order valence-corrected chi connectivity index (χ4v) is 1.67. The highest BCUT2D eigenvalue weighted by atomic mass is 79.9. The quantitative estimate of drug-likeness (QED) is 0.664. The topological polar surface area (TPSA) is 83.1 Å². The molecule has 2 amide bonds. The van der Waals surface area contributed by atoms with E-state index in [0.29, 0.717) is 16.8 Å². The molecule has 3 N–H and O–H groups in total. The second-order valence-electron chi connectivity index (χ2n) is 3.60. The number of halogens is 1. The molecule has 1 saturated heterocycles. The molecule has 2 rings (SSSR count). The van der Waals surface area contributed by atoms with E-state index in [1.54, 1.807) is 18.3 Å². The first-order valence-corrected chi connectivity index (χ1v) is 5.87. The zero-order valence-electron chi connectivity index (χ0n) is 8.87. The lowest BCUT2D eigenvalue weighted by Crippen LogP contribution is -2.56. The van der Waals surface area contributed by atoms with Crippen molar-refractivity contribution in [2.45, 2.75) is 6.04 Å². The average molecular weight is 299 g/mol. The molecule has 7 heteroatoms. The lowest BCUT2D eigenvalue weighted by atomic mass is 10.2. The Balaban J connectivity index is 1.92. The van der Waals surface area contributed by atoms with Crippen molar-refractivity contribution in [1.29, 1.82) is 0 Å². The number of nitrogens with one attached hydrogen (secondary N) is 3. The Morgan fingerprint density at radius 1 is 1.53 bits per heavy atom. The molecule has 2 heterocycles. The van der Waals surface area contributed by atoms with Gasteiger partial charge in [-0.3, -0.25) is 14.9 Å². The second-order valence-corrected chi connectivity index (χ2v) is 4.41. The van der Waals surface area contributed by atoms with Crippen molar-refractivity contribution < 1.29 is 9.59 Å². The summed E-state index contributed by atoms with van der Waals surface area (Å²) in [5, 5.41) is 8.19. The van der Waals surface area contributed by atoms with Gasteiger partial charge in [-0.15, -0.1) is 0 Å². The number of nitrogens with zero attached hydrogens (tertiary/aromatic N) is 1. The van der Waals surface area contributed by atoms with E-state index in [0.717, 1.165) is 0 Å². The highest BCUT2D eigenvalue weighted by molar-refractivity contribution is 9.10. The monoisotopic (exact) mass is 298 g/mol. The van der Waals surface area contributed by atoms with Crippen molar-refractivity contribution in [3.8, 4) is 0 Å². The van der Waals surface area contributed by atoms with E-state index in [1.165, 1.54) is 0 Å². The number of carbonyl (C=O) groups is 2. The zero-order chi connectivity index (χ0) is 12.3. The fraction of sp³-hybridized carbons (Fsp3) is 0.300. The van der Waals surface area contributed by atoms with Crippen LogP contribution in [-0.4, -0.2) is 35.9 Å². The first-order chi connectivity index (χ1) is 8.15. The van der Waals surface area contributed by atoms with Crippen molar-refractivity contribution in [1.82, 2.24) is 15.6 Å². The van der Waals surface area contributed by atoms with E-state index in [4.69, 9.17) is 0 Å². The van der Waals surface area contributed by atoms with Crippen molar-refractivity contribution >= 4 is 33.4 Å². The van der Waals surface area contributed by atoms with Crippen molar-refractivity contribution in [3.63, 3.8) is 0 Å². The van der Waals surface area contributed by atoms with Crippen LogP contribution in [-0.2, 0) is 9.59 Å². The van der Waals surface area contributed by atoms with E-state index in [1.807, 2.05) is 0 Å². The number of piperazine rings is 1. The van der Waals surface area contributed by atoms with Crippen LogP contribution in [0.4, 0.5) is 5.69 Å². The Hall–Kier alpha value is -1.47. The summed E-state index contributed by atoms with van der Waals surface area (Å²) in [4.78, 5) is 26.7. The minimum atomic E-state index is -0.406. The predicted molar refractivity (Wildman–Crippen MR) is 65.4 cm³/mol. The van der Waals surface area contributed by atoms with Crippen molar-refractivity contribution in [2.24, 2.45) is 0 Å².